The Kier molecular flexibility index (Phi) is 2.28. The van der Waals surface area contributed by atoms with Crippen LogP contribution in [0.2, 0.25) is 0 Å². The molecule has 2 rings (SSSR count). The largest absolute Gasteiger partial charge is 0.343 e. The molecule has 0 fully saturated rings. The normalized spacial score (nSPS) is 13.0. The third kappa shape index (κ3) is 1.64. The molecular weight excluding hydrogens is 182 g/mol. The van der Waals surface area contributed by atoms with Gasteiger partial charge in [0.15, 0.2) is 5.82 Å². The zero-order valence-corrected chi connectivity index (χ0v) is 7.79. The molecule has 0 aromatic carbocycles. The highest BCUT2D eigenvalue weighted by Crippen LogP contribution is 2.09. The summed E-state index contributed by atoms with van der Waals surface area (Å²) in [6.45, 7) is 2.44. The Morgan fingerprint density at radius 1 is 1.64 bits per heavy atom. The first-order valence-corrected chi connectivity index (χ1v) is 4.28. The average Bonchev–Trinajstić information content (AvgIpc) is 2.75. The van der Waals surface area contributed by atoms with Crippen LogP contribution in [0.5, 0.6) is 0 Å². The summed E-state index contributed by atoms with van der Waals surface area (Å²) in [5, 5.41) is 3.72. The van der Waals surface area contributed by atoms with E-state index in [2.05, 4.69) is 19.6 Å². The Labute approximate surface area is 80.7 Å². The number of rotatable bonds is 3. The first-order valence-electron chi connectivity index (χ1n) is 4.28. The minimum Gasteiger partial charge on any atom is -0.343 e. The fourth-order valence-corrected chi connectivity index (χ4v) is 1.26. The van der Waals surface area contributed by atoms with Crippen molar-refractivity contribution in [3.63, 3.8) is 0 Å². The lowest BCUT2D eigenvalue weighted by Gasteiger charge is -2.07. The molecule has 2 N–H and O–H groups in total. The molecule has 0 bridgehead atoms. The van der Waals surface area contributed by atoms with Crippen molar-refractivity contribution in [2.24, 2.45) is 5.73 Å². The summed E-state index contributed by atoms with van der Waals surface area (Å²) in [6.07, 6.45) is 4.75. The van der Waals surface area contributed by atoms with Gasteiger partial charge in [-0.1, -0.05) is 5.16 Å². The van der Waals surface area contributed by atoms with Crippen LogP contribution >= 0.6 is 0 Å². The van der Waals surface area contributed by atoms with Gasteiger partial charge in [-0.05, 0) is 6.92 Å². The van der Waals surface area contributed by atoms with Gasteiger partial charge in [0, 0.05) is 12.2 Å². The van der Waals surface area contributed by atoms with E-state index in [9.17, 15) is 0 Å². The van der Waals surface area contributed by atoms with Gasteiger partial charge in [-0.25, -0.2) is 4.98 Å². The minimum atomic E-state index is -0.0515. The molecule has 2 heterocycles. The van der Waals surface area contributed by atoms with E-state index in [4.69, 9.17) is 5.73 Å². The van der Waals surface area contributed by atoms with Crippen LogP contribution in [0, 0.1) is 0 Å². The average molecular weight is 193 g/mol. The van der Waals surface area contributed by atoms with Gasteiger partial charge in [0.25, 0.3) is 0 Å². The maximum Gasteiger partial charge on any atom is 0.213 e. The molecule has 0 amide bonds. The van der Waals surface area contributed by atoms with Gasteiger partial charge in [0.1, 0.15) is 0 Å². The second-order valence-electron chi connectivity index (χ2n) is 3.08. The van der Waals surface area contributed by atoms with E-state index < -0.39 is 0 Å². The minimum absolute atomic E-state index is 0.0515. The fourth-order valence-electron chi connectivity index (χ4n) is 1.26. The monoisotopic (exact) mass is 193 g/mol. The first kappa shape index (κ1) is 8.89. The van der Waals surface area contributed by atoms with Crippen molar-refractivity contribution in [2.45, 2.75) is 19.5 Å². The number of imidazole rings is 1. The standard InChI is InChI=1S/C8H11N5O/c1-6(9)7-2-10-4-13(7)3-8-11-5-14-12-8/h2,4-6H,3,9H2,1H3. The van der Waals surface area contributed by atoms with E-state index in [1.54, 1.807) is 12.5 Å². The molecule has 1 unspecified atom stereocenters. The number of hydrogen-bond acceptors (Lipinski definition) is 5. The molecule has 0 saturated carbocycles. The molecule has 0 saturated heterocycles. The number of nitrogens with two attached hydrogens (primary N) is 1. The SMILES string of the molecule is CC(N)c1cncn1Cc1ncon1. The molecule has 14 heavy (non-hydrogen) atoms. The van der Waals surface area contributed by atoms with Crippen LogP contribution in [-0.2, 0) is 6.54 Å². The Morgan fingerprint density at radius 3 is 3.14 bits per heavy atom. The van der Waals surface area contributed by atoms with Crippen molar-refractivity contribution >= 4 is 0 Å². The number of nitrogens with zero attached hydrogens (tertiary/aromatic N) is 4. The van der Waals surface area contributed by atoms with Gasteiger partial charge >= 0.3 is 0 Å². The highest BCUT2D eigenvalue weighted by molar-refractivity contribution is 5.04. The molecule has 1 atom stereocenters. The molecular formula is C8H11N5O. The maximum atomic E-state index is 5.76. The topological polar surface area (TPSA) is 82.8 Å². The molecule has 0 aliphatic heterocycles. The Balaban J connectivity index is 2.21. The van der Waals surface area contributed by atoms with Gasteiger partial charge in [-0.2, -0.15) is 4.98 Å². The molecule has 0 aliphatic carbocycles. The van der Waals surface area contributed by atoms with Crippen LogP contribution in [0.1, 0.15) is 24.5 Å². The van der Waals surface area contributed by atoms with E-state index in [-0.39, 0.29) is 6.04 Å². The lowest BCUT2D eigenvalue weighted by molar-refractivity contribution is 0.407. The molecule has 2 aromatic rings. The highest BCUT2D eigenvalue weighted by atomic mass is 16.5. The predicted octanol–water partition coefficient (Wildman–Crippen LogP) is 0.334. The Hall–Kier alpha value is -1.69. The molecule has 0 spiro atoms. The zero-order valence-electron chi connectivity index (χ0n) is 7.79. The van der Waals surface area contributed by atoms with Gasteiger partial charge in [0.05, 0.1) is 18.6 Å². The fraction of sp³-hybridized carbons (Fsp3) is 0.375. The van der Waals surface area contributed by atoms with Crippen molar-refractivity contribution in [2.75, 3.05) is 0 Å². The molecule has 0 radical (unpaired) electrons. The smallest absolute Gasteiger partial charge is 0.213 e. The van der Waals surface area contributed by atoms with Crippen LogP contribution in [0.25, 0.3) is 0 Å². The van der Waals surface area contributed by atoms with Crippen molar-refractivity contribution < 1.29 is 4.52 Å². The number of aromatic nitrogens is 4. The summed E-state index contributed by atoms with van der Waals surface area (Å²) < 4.78 is 6.54. The second kappa shape index (κ2) is 3.59. The van der Waals surface area contributed by atoms with Crippen LogP contribution in [-0.4, -0.2) is 19.7 Å². The van der Waals surface area contributed by atoms with E-state index >= 15 is 0 Å². The van der Waals surface area contributed by atoms with E-state index in [0.717, 1.165) is 5.69 Å². The van der Waals surface area contributed by atoms with Gasteiger partial charge in [-0.3, -0.25) is 0 Å². The van der Waals surface area contributed by atoms with Crippen molar-refractivity contribution in [1.29, 1.82) is 0 Å². The molecule has 2 aromatic heterocycles. The summed E-state index contributed by atoms with van der Waals surface area (Å²) in [4.78, 5) is 7.95. The van der Waals surface area contributed by atoms with Crippen LogP contribution in [0.15, 0.2) is 23.4 Å². The predicted molar refractivity (Wildman–Crippen MR) is 48.2 cm³/mol. The Bertz CT molecular complexity index is 392. The quantitative estimate of drug-likeness (QED) is 0.759. The van der Waals surface area contributed by atoms with Crippen LogP contribution < -0.4 is 5.73 Å². The van der Waals surface area contributed by atoms with E-state index in [1.807, 2.05) is 11.5 Å². The Morgan fingerprint density at radius 2 is 2.50 bits per heavy atom. The van der Waals surface area contributed by atoms with E-state index in [0.29, 0.717) is 12.4 Å². The summed E-state index contributed by atoms with van der Waals surface area (Å²) >= 11 is 0. The summed E-state index contributed by atoms with van der Waals surface area (Å²) in [6, 6.07) is -0.0515. The first-order chi connectivity index (χ1) is 6.77. The summed E-state index contributed by atoms with van der Waals surface area (Å²) in [5.41, 5.74) is 6.72. The third-order valence-corrected chi connectivity index (χ3v) is 1.93. The third-order valence-electron chi connectivity index (χ3n) is 1.93. The number of hydrogen-bond donors (Lipinski definition) is 1. The zero-order chi connectivity index (χ0) is 9.97. The van der Waals surface area contributed by atoms with Crippen LogP contribution in [0.4, 0.5) is 0 Å². The van der Waals surface area contributed by atoms with Crippen LogP contribution in [0.3, 0.4) is 0 Å². The maximum absolute atomic E-state index is 5.76. The summed E-state index contributed by atoms with van der Waals surface area (Å²) in [5.74, 6) is 0.616. The van der Waals surface area contributed by atoms with Crippen molar-refractivity contribution in [1.82, 2.24) is 19.7 Å². The van der Waals surface area contributed by atoms with Gasteiger partial charge < -0.3 is 14.8 Å². The molecule has 6 heteroatoms. The van der Waals surface area contributed by atoms with E-state index in [1.165, 1.54) is 6.39 Å². The molecule has 74 valence electrons. The van der Waals surface area contributed by atoms with Gasteiger partial charge in [-0.15, -0.1) is 0 Å². The summed E-state index contributed by atoms with van der Waals surface area (Å²) in [7, 11) is 0. The van der Waals surface area contributed by atoms with Crippen molar-refractivity contribution in [3.05, 3.63) is 30.4 Å². The lowest BCUT2D eigenvalue weighted by atomic mass is 10.3. The second-order valence-corrected chi connectivity index (χ2v) is 3.08. The molecule has 0 aliphatic rings. The van der Waals surface area contributed by atoms with Crippen molar-refractivity contribution in [3.8, 4) is 0 Å². The highest BCUT2D eigenvalue weighted by Gasteiger charge is 2.08. The lowest BCUT2D eigenvalue weighted by Crippen LogP contribution is -2.12. The molecule has 6 nitrogen and oxygen atoms in total. The van der Waals surface area contributed by atoms with Gasteiger partial charge in [0.2, 0.25) is 6.39 Å².